The van der Waals surface area contributed by atoms with Crippen molar-refractivity contribution in [1.82, 2.24) is 4.57 Å². The Morgan fingerprint density at radius 1 is 1.15 bits per heavy atom. The lowest BCUT2D eigenvalue weighted by Crippen LogP contribution is -2.39. The van der Waals surface area contributed by atoms with Gasteiger partial charge in [0.2, 0.25) is 0 Å². The minimum atomic E-state index is -0.759. The molecule has 1 atom stereocenters. The average molecular weight is 768 g/mol. The van der Waals surface area contributed by atoms with Crippen LogP contribution in [-0.4, -0.2) is 35.8 Å². The summed E-state index contributed by atoms with van der Waals surface area (Å²) in [5, 5.41) is 11.0. The molecule has 2 heterocycles. The first-order chi connectivity index (χ1) is 22.6. The van der Waals surface area contributed by atoms with Gasteiger partial charge in [0.15, 0.2) is 16.3 Å². The lowest BCUT2D eigenvalue weighted by Gasteiger charge is -2.24. The number of allylic oxidation sites excluding steroid dienone is 1. The third-order valence-electron chi connectivity index (χ3n) is 7.16. The molecule has 0 bridgehead atoms. The van der Waals surface area contributed by atoms with E-state index in [0.29, 0.717) is 50.0 Å². The molecule has 0 fully saturated rings. The Balaban J connectivity index is 1.52. The summed E-state index contributed by atoms with van der Waals surface area (Å²) in [4.78, 5) is 42.8. The number of esters is 1. The predicted octanol–water partition coefficient (Wildman–Crippen LogP) is 5.46. The number of hydrogen-bond acceptors (Lipinski definition) is 10. The lowest BCUT2D eigenvalue weighted by atomic mass is 9.96. The number of rotatable bonds is 12. The number of methoxy groups -OCH3 is 1. The zero-order valence-electron chi connectivity index (χ0n) is 25.7. The molecule has 0 saturated heterocycles. The van der Waals surface area contributed by atoms with Crippen LogP contribution in [0.5, 0.6) is 17.2 Å². The first kappa shape index (κ1) is 33.6. The number of fused-ring (bicyclic) bond motifs is 1. The molecule has 0 N–H and O–H groups in total. The van der Waals surface area contributed by atoms with Crippen molar-refractivity contribution >= 4 is 51.7 Å². The van der Waals surface area contributed by atoms with E-state index in [0.717, 1.165) is 9.13 Å². The number of non-ortho nitro benzene ring substituents is 1. The highest BCUT2D eigenvalue weighted by Gasteiger charge is 2.33. The predicted molar refractivity (Wildman–Crippen MR) is 186 cm³/mol. The van der Waals surface area contributed by atoms with E-state index in [-0.39, 0.29) is 30.0 Å². The lowest BCUT2D eigenvalue weighted by molar-refractivity contribution is -0.384. The van der Waals surface area contributed by atoms with Crippen molar-refractivity contribution in [3.63, 3.8) is 0 Å². The maximum absolute atomic E-state index is 14.0. The quantitative estimate of drug-likeness (QED) is 0.0611. The number of aromatic nitrogens is 1. The van der Waals surface area contributed by atoms with E-state index in [2.05, 4.69) is 34.2 Å². The van der Waals surface area contributed by atoms with Gasteiger partial charge in [0, 0.05) is 12.1 Å². The number of nitro groups is 1. The van der Waals surface area contributed by atoms with Crippen LogP contribution in [0.4, 0.5) is 5.69 Å². The SMILES string of the molecule is C=CCOc1ccc([C@@H]2C(C(=O)OCC)=C(C)N=c3s/c(=C\c4cc(I)c(OCc5ccc([N+](=O)[O-])cc5)c(OC)c4)c(=O)n32)cc1. The Hall–Kier alpha value is -4.76. The largest absolute Gasteiger partial charge is 0.493 e. The first-order valence-electron chi connectivity index (χ1n) is 14.4. The van der Waals surface area contributed by atoms with Crippen LogP contribution in [-0.2, 0) is 16.1 Å². The molecular formula is C34H30IN3O8S. The Bertz CT molecular complexity index is 2050. The van der Waals surface area contributed by atoms with Crippen LogP contribution >= 0.6 is 33.9 Å². The Morgan fingerprint density at radius 2 is 1.87 bits per heavy atom. The van der Waals surface area contributed by atoms with Gasteiger partial charge in [-0.25, -0.2) is 9.79 Å². The van der Waals surface area contributed by atoms with Crippen LogP contribution in [0.15, 0.2) is 94.4 Å². The highest BCUT2D eigenvalue weighted by molar-refractivity contribution is 14.1. The monoisotopic (exact) mass is 767 g/mol. The number of nitro benzene ring substituents is 1. The van der Waals surface area contributed by atoms with Crippen molar-refractivity contribution in [3.05, 3.63) is 135 Å². The number of benzene rings is 3. The summed E-state index contributed by atoms with van der Waals surface area (Å²) < 4.78 is 25.4. The topological polar surface area (TPSA) is 131 Å². The summed E-state index contributed by atoms with van der Waals surface area (Å²) in [5.74, 6) is 1.04. The molecule has 13 heteroatoms. The smallest absolute Gasteiger partial charge is 0.338 e. The number of thiazole rings is 1. The van der Waals surface area contributed by atoms with Gasteiger partial charge in [0.1, 0.15) is 19.0 Å². The molecule has 5 rings (SSSR count). The van der Waals surface area contributed by atoms with Crippen molar-refractivity contribution in [2.75, 3.05) is 20.3 Å². The summed E-state index contributed by atoms with van der Waals surface area (Å²) >= 11 is 3.35. The fraction of sp³-hybridized carbons (Fsp3) is 0.206. The Morgan fingerprint density at radius 3 is 2.51 bits per heavy atom. The van der Waals surface area contributed by atoms with Crippen molar-refractivity contribution in [2.45, 2.75) is 26.5 Å². The fourth-order valence-electron chi connectivity index (χ4n) is 4.99. The van der Waals surface area contributed by atoms with Gasteiger partial charge in [-0.05, 0) is 95.6 Å². The molecule has 1 aliphatic heterocycles. The van der Waals surface area contributed by atoms with E-state index < -0.39 is 16.9 Å². The zero-order chi connectivity index (χ0) is 33.7. The molecule has 0 aliphatic carbocycles. The second kappa shape index (κ2) is 14.8. The highest BCUT2D eigenvalue weighted by atomic mass is 127. The van der Waals surface area contributed by atoms with Crippen molar-refractivity contribution in [2.24, 2.45) is 4.99 Å². The van der Waals surface area contributed by atoms with Gasteiger partial charge >= 0.3 is 5.97 Å². The molecule has 11 nitrogen and oxygen atoms in total. The molecule has 0 amide bonds. The van der Waals surface area contributed by atoms with Gasteiger partial charge in [0.25, 0.3) is 11.2 Å². The molecule has 47 heavy (non-hydrogen) atoms. The van der Waals surface area contributed by atoms with Crippen LogP contribution in [0.25, 0.3) is 6.08 Å². The van der Waals surface area contributed by atoms with E-state index >= 15 is 0 Å². The minimum absolute atomic E-state index is 0.000833. The zero-order valence-corrected chi connectivity index (χ0v) is 28.7. The number of carbonyl (C=O) groups excluding carboxylic acids is 1. The molecule has 0 radical (unpaired) electrons. The van der Waals surface area contributed by atoms with Gasteiger partial charge in [-0.15, -0.1) is 0 Å². The molecule has 242 valence electrons. The van der Waals surface area contributed by atoms with Gasteiger partial charge in [-0.3, -0.25) is 19.5 Å². The second-order valence-corrected chi connectivity index (χ2v) is 12.4. The van der Waals surface area contributed by atoms with E-state index in [1.807, 2.05) is 18.2 Å². The van der Waals surface area contributed by atoms with E-state index in [4.69, 9.17) is 18.9 Å². The summed E-state index contributed by atoms with van der Waals surface area (Å²) in [5.41, 5.74) is 2.60. The summed E-state index contributed by atoms with van der Waals surface area (Å²) in [6.45, 7) is 7.83. The maximum atomic E-state index is 14.0. The third-order valence-corrected chi connectivity index (χ3v) is 8.94. The minimum Gasteiger partial charge on any atom is -0.493 e. The molecule has 0 unspecified atom stereocenters. The fourth-order valence-corrected chi connectivity index (χ4v) is 6.82. The Kier molecular flexibility index (Phi) is 10.6. The van der Waals surface area contributed by atoms with Crippen LogP contribution in [0, 0.1) is 13.7 Å². The third kappa shape index (κ3) is 7.30. The highest BCUT2D eigenvalue weighted by Crippen LogP contribution is 2.35. The molecule has 4 aromatic rings. The van der Waals surface area contributed by atoms with E-state index in [1.165, 1.54) is 35.1 Å². The van der Waals surface area contributed by atoms with E-state index in [9.17, 15) is 19.7 Å². The molecule has 0 saturated carbocycles. The van der Waals surface area contributed by atoms with Gasteiger partial charge in [-0.1, -0.05) is 36.1 Å². The first-order valence-corrected chi connectivity index (χ1v) is 16.3. The van der Waals surface area contributed by atoms with Crippen molar-refractivity contribution in [3.8, 4) is 17.2 Å². The molecular weight excluding hydrogens is 737 g/mol. The second-order valence-electron chi connectivity index (χ2n) is 10.2. The van der Waals surface area contributed by atoms with Crippen molar-refractivity contribution in [1.29, 1.82) is 0 Å². The molecule has 0 spiro atoms. The van der Waals surface area contributed by atoms with Crippen LogP contribution in [0.3, 0.4) is 0 Å². The summed E-state index contributed by atoms with van der Waals surface area (Å²) in [7, 11) is 1.52. The van der Waals surface area contributed by atoms with Gasteiger partial charge in [-0.2, -0.15) is 0 Å². The number of carbonyl (C=O) groups is 1. The molecule has 1 aliphatic rings. The molecule has 1 aromatic heterocycles. The summed E-state index contributed by atoms with van der Waals surface area (Å²) in [6, 6.07) is 16.2. The normalized spacial score (nSPS) is 14.2. The van der Waals surface area contributed by atoms with Crippen LogP contribution in [0.1, 0.15) is 36.6 Å². The van der Waals surface area contributed by atoms with Crippen LogP contribution in [0.2, 0.25) is 0 Å². The number of halogens is 1. The number of ether oxygens (including phenoxy) is 4. The van der Waals surface area contributed by atoms with Gasteiger partial charge < -0.3 is 18.9 Å². The Labute approximate surface area is 287 Å². The number of hydrogen-bond donors (Lipinski definition) is 0. The van der Waals surface area contributed by atoms with Gasteiger partial charge in [0.05, 0.1) is 44.1 Å². The van der Waals surface area contributed by atoms with Crippen molar-refractivity contribution < 1.29 is 28.7 Å². The summed E-state index contributed by atoms with van der Waals surface area (Å²) in [6.07, 6.45) is 3.40. The van der Waals surface area contributed by atoms with Crippen LogP contribution < -0.4 is 29.1 Å². The molecule has 3 aromatic carbocycles. The van der Waals surface area contributed by atoms with E-state index in [1.54, 1.807) is 56.3 Å². The standard InChI is InChI=1S/C34H30IN3O8S/c1-5-15-45-25-13-9-23(10-14-25)30-29(33(40)44-6-2)20(3)36-34-37(30)32(39)28(47-34)18-22-16-26(35)31(27(17-22)43-4)46-19-21-7-11-24(12-8-21)38(41)42/h5,7-14,16-18,30H,1,6,15,19H2,2-4H3/b28-18-/t30-/m1/s1. The number of nitrogens with zero attached hydrogens (tertiary/aromatic N) is 3. The average Bonchev–Trinajstić information content (AvgIpc) is 3.36. The maximum Gasteiger partial charge on any atom is 0.338 e.